The van der Waals surface area contributed by atoms with Crippen molar-refractivity contribution >= 4 is 27.4 Å². The molecule has 0 saturated carbocycles. The Morgan fingerprint density at radius 1 is 1.56 bits per heavy atom. The maximum absolute atomic E-state index is 8.92. The smallest absolute Gasteiger partial charge is 0.140 e. The van der Waals surface area contributed by atoms with Crippen LogP contribution in [0.5, 0.6) is 0 Å². The number of aromatic nitrogens is 1. The molecule has 4 N–H and O–H groups in total. The predicted octanol–water partition coefficient (Wildman–Crippen LogP) is 2.25. The summed E-state index contributed by atoms with van der Waals surface area (Å²) >= 11 is 3.40. The first-order valence-corrected chi connectivity index (χ1v) is 6.00. The Balaban J connectivity index is 2.61. The first kappa shape index (κ1) is 13.3. The van der Waals surface area contributed by atoms with Gasteiger partial charge in [0.2, 0.25) is 0 Å². The van der Waals surface area contributed by atoms with E-state index in [1.807, 2.05) is 6.07 Å². The van der Waals surface area contributed by atoms with Gasteiger partial charge in [0, 0.05) is 13.2 Å². The van der Waals surface area contributed by atoms with Crippen molar-refractivity contribution in [3.05, 3.63) is 16.7 Å². The number of aliphatic hydroxyl groups is 1. The number of hydrogen-bond donors (Lipinski definition) is 3. The summed E-state index contributed by atoms with van der Waals surface area (Å²) in [6.07, 6.45) is 2.37. The fraction of sp³-hybridized carbons (Fsp3) is 0.545. The minimum atomic E-state index is 0.0389. The maximum Gasteiger partial charge on any atom is 0.140 e. The van der Waals surface area contributed by atoms with E-state index in [-0.39, 0.29) is 12.0 Å². The van der Waals surface area contributed by atoms with Crippen LogP contribution < -0.4 is 11.1 Å². The van der Waals surface area contributed by atoms with Gasteiger partial charge >= 0.3 is 0 Å². The lowest BCUT2D eigenvalue weighted by atomic mass is 9.90. The van der Waals surface area contributed by atoms with Gasteiger partial charge in [0.1, 0.15) is 5.82 Å². The Labute approximate surface area is 104 Å². The van der Waals surface area contributed by atoms with Crippen LogP contribution in [0, 0.1) is 5.41 Å². The largest absolute Gasteiger partial charge is 0.397 e. The molecule has 1 rings (SSSR count). The Morgan fingerprint density at radius 2 is 2.25 bits per heavy atom. The van der Waals surface area contributed by atoms with Crippen LogP contribution in [-0.2, 0) is 0 Å². The molecule has 0 fully saturated rings. The van der Waals surface area contributed by atoms with Crippen molar-refractivity contribution in [3.63, 3.8) is 0 Å². The van der Waals surface area contributed by atoms with E-state index >= 15 is 0 Å². The van der Waals surface area contributed by atoms with Crippen LogP contribution in [0.4, 0.5) is 11.5 Å². The first-order valence-electron chi connectivity index (χ1n) is 5.20. The van der Waals surface area contributed by atoms with Gasteiger partial charge in [0.15, 0.2) is 0 Å². The van der Waals surface area contributed by atoms with E-state index in [1.165, 1.54) is 0 Å². The monoisotopic (exact) mass is 287 g/mol. The zero-order chi connectivity index (χ0) is 12.2. The highest BCUT2D eigenvalue weighted by molar-refractivity contribution is 9.10. The molecular formula is C11H18BrN3O. The lowest BCUT2D eigenvalue weighted by Crippen LogP contribution is -2.24. The normalized spacial score (nSPS) is 11.5. The Morgan fingerprint density at radius 3 is 2.81 bits per heavy atom. The molecule has 4 nitrogen and oxygen atoms in total. The number of anilines is 2. The number of nitrogens with one attached hydrogen (secondary N) is 1. The average molecular weight is 288 g/mol. The molecule has 0 aliphatic carbocycles. The number of nitrogen functional groups attached to an aromatic ring is 1. The van der Waals surface area contributed by atoms with Crippen molar-refractivity contribution in [1.29, 1.82) is 0 Å². The molecule has 1 heterocycles. The van der Waals surface area contributed by atoms with E-state index < -0.39 is 0 Å². The number of aliphatic hydroxyl groups excluding tert-OH is 1. The van der Waals surface area contributed by atoms with Gasteiger partial charge in [-0.25, -0.2) is 4.98 Å². The van der Waals surface area contributed by atoms with Gasteiger partial charge in [0.25, 0.3) is 0 Å². The van der Waals surface area contributed by atoms with Crippen LogP contribution in [-0.4, -0.2) is 23.2 Å². The number of hydrogen-bond acceptors (Lipinski definition) is 4. The van der Waals surface area contributed by atoms with Gasteiger partial charge in [-0.05, 0) is 33.8 Å². The summed E-state index contributed by atoms with van der Waals surface area (Å²) in [5, 5.41) is 12.2. The van der Waals surface area contributed by atoms with E-state index in [0.717, 1.165) is 23.3 Å². The van der Waals surface area contributed by atoms with Gasteiger partial charge in [-0.3, -0.25) is 0 Å². The van der Waals surface area contributed by atoms with E-state index in [9.17, 15) is 0 Å². The molecule has 0 unspecified atom stereocenters. The third-order valence-corrected chi connectivity index (χ3v) is 2.99. The Bertz CT molecular complexity index is 355. The molecule has 0 saturated heterocycles. The third-order valence-electron chi connectivity index (χ3n) is 2.39. The van der Waals surface area contributed by atoms with Crippen molar-refractivity contribution in [3.8, 4) is 0 Å². The molecule has 0 spiro atoms. The van der Waals surface area contributed by atoms with Crippen LogP contribution >= 0.6 is 15.9 Å². The topological polar surface area (TPSA) is 71.2 Å². The summed E-state index contributed by atoms with van der Waals surface area (Å²) in [6.45, 7) is 5.15. The fourth-order valence-corrected chi connectivity index (χ4v) is 1.80. The van der Waals surface area contributed by atoms with E-state index in [4.69, 9.17) is 10.8 Å². The van der Waals surface area contributed by atoms with Gasteiger partial charge < -0.3 is 16.2 Å². The van der Waals surface area contributed by atoms with Crippen molar-refractivity contribution < 1.29 is 5.11 Å². The molecule has 1 aromatic rings. The molecule has 0 radical (unpaired) electrons. The highest BCUT2D eigenvalue weighted by Crippen LogP contribution is 2.25. The highest BCUT2D eigenvalue weighted by atomic mass is 79.9. The van der Waals surface area contributed by atoms with Gasteiger partial charge in [-0.1, -0.05) is 13.8 Å². The molecule has 1 aromatic heterocycles. The second-order valence-electron chi connectivity index (χ2n) is 4.59. The van der Waals surface area contributed by atoms with Gasteiger partial charge in [-0.2, -0.15) is 0 Å². The molecule has 0 atom stereocenters. The summed E-state index contributed by atoms with van der Waals surface area (Å²) in [5.74, 6) is 0.778. The van der Waals surface area contributed by atoms with Gasteiger partial charge in [-0.15, -0.1) is 0 Å². The van der Waals surface area contributed by atoms with Crippen LogP contribution in [0.15, 0.2) is 16.7 Å². The molecule has 16 heavy (non-hydrogen) atoms. The van der Waals surface area contributed by atoms with Crippen LogP contribution in [0.3, 0.4) is 0 Å². The van der Waals surface area contributed by atoms with Crippen molar-refractivity contribution in [2.24, 2.45) is 5.41 Å². The summed E-state index contributed by atoms with van der Waals surface area (Å²) in [6, 6.07) is 1.81. The number of nitrogens with two attached hydrogens (primary N) is 1. The minimum Gasteiger partial charge on any atom is -0.397 e. The van der Waals surface area contributed by atoms with Crippen LogP contribution in [0.1, 0.15) is 20.3 Å². The number of halogens is 1. The fourth-order valence-electron chi connectivity index (χ4n) is 1.30. The molecule has 0 aliphatic heterocycles. The second-order valence-corrected chi connectivity index (χ2v) is 5.44. The van der Waals surface area contributed by atoms with Crippen molar-refractivity contribution in [2.45, 2.75) is 20.3 Å². The molecule has 0 aromatic carbocycles. The van der Waals surface area contributed by atoms with Gasteiger partial charge in [0.05, 0.1) is 16.4 Å². The average Bonchev–Trinajstić information content (AvgIpc) is 2.16. The molecular weight excluding hydrogens is 270 g/mol. The predicted molar refractivity (Wildman–Crippen MR) is 70.3 cm³/mol. The minimum absolute atomic E-state index is 0.0389. The lowest BCUT2D eigenvalue weighted by Gasteiger charge is -2.24. The Kier molecular flexibility index (Phi) is 4.56. The number of nitrogens with zero attached hydrogens (tertiary/aromatic N) is 1. The van der Waals surface area contributed by atoms with Crippen LogP contribution in [0.25, 0.3) is 0 Å². The van der Waals surface area contributed by atoms with Crippen LogP contribution in [0.2, 0.25) is 0 Å². The summed E-state index contributed by atoms with van der Waals surface area (Å²) in [5.41, 5.74) is 6.27. The zero-order valence-electron chi connectivity index (χ0n) is 9.63. The summed E-state index contributed by atoms with van der Waals surface area (Å²) in [7, 11) is 0. The first-order chi connectivity index (χ1) is 7.44. The number of pyridine rings is 1. The van der Waals surface area contributed by atoms with Crippen molar-refractivity contribution in [2.75, 3.05) is 24.2 Å². The molecule has 5 heteroatoms. The third kappa shape index (κ3) is 3.98. The molecule has 90 valence electrons. The second kappa shape index (κ2) is 5.50. The number of rotatable bonds is 5. The highest BCUT2D eigenvalue weighted by Gasteiger charge is 2.17. The lowest BCUT2D eigenvalue weighted by molar-refractivity contribution is 0.220. The molecule has 0 aliphatic rings. The Hall–Kier alpha value is -0.810. The maximum atomic E-state index is 8.92. The van der Waals surface area contributed by atoms with E-state index in [2.05, 4.69) is 40.1 Å². The molecule has 0 bridgehead atoms. The standard InChI is InChI=1S/C11H18BrN3O/c1-11(2,3-4-16)7-15-10-9(12)5-8(13)6-14-10/h5-6,16H,3-4,7,13H2,1-2H3,(H,14,15). The quantitative estimate of drug-likeness (QED) is 0.777. The zero-order valence-corrected chi connectivity index (χ0v) is 11.2. The summed E-state index contributed by atoms with van der Waals surface area (Å²) < 4.78 is 0.854. The van der Waals surface area contributed by atoms with E-state index in [0.29, 0.717) is 5.69 Å². The summed E-state index contributed by atoms with van der Waals surface area (Å²) in [4.78, 5) is 4.20. The van der Waals surface area contributed by atoms with E-state index in [1.54, 1.807) is 6.20 Å². The van der Waals surface area contributed by atoms with Crippen molar-refractivity contribution in [1.82, 2.24) is 4.98 Å². The molecule has 0 amide bonds. The SMILES string of the molecule is CC(C)(CCO)CNc1ncc(N)cc1Br.